The Kier molecular flexibility index (Phi) is 9.59. The van der Waals surface area contributed by atoms with E-state index in [4.69, 9.17) is 0 Å². The smallest absolute Gasteiger partial charge is 0 e. The molecule has 0 fully saturated rings. The van der Waals surface area contributed by atoms with Gasteiger partial charge in [0.25, 0.3) is 0 Å². The summed E-state index contributed by atoms with van der Waals surface area (Å²) >= 11 is 0. The second kappa shape index (κ2) is 11.3. The molecule has 0 nitrogen and oxygen atoms in total. The molecule has 2 aromatic rings. The van der Waals surface area contributed by atoms with Gasteiger partial charge in [0.1, 0.15) is 0 Å². The van der Waals surface area contributed by atoms with Crippen LogP contribution >= 0.6 is 7.92 Å². The highest BCUT2D eigenvalue weighted by molar-refractivity contribution is 7.75. The van der Waals surface area contributed by atoms with Gasteiger partial charge in [0.05, 0.1) is 0 Å². The fourth-order valence-corrected chi connectivity index (χ4v) is 4.36. The summed E-state index contributed by atoms with van der Waals surface area (Å²) in [6.07, 6.45) is 8.94. The normalized spacial score (nSPS) is 10.8. The minimum Gasteiger partial charge on any atom is -0.0834 e. The van der Waals surface area contributed by atoms with Crippen LogP contribution in [0.15, 0.2) is 72.6 Å². The van der Waals surface area contributed by atoms with E-state index >= 15 is 0 Å². The molecule has 3 radical (unpaired) electrons. The van der Waals surface area contributed by atoms with Crippen molar-refractivity contribution >= 4 is 26.9 Å². The molecule has 0 atom stereocenters. The molecule has 113 valence electrons. The van der Waals surface area contributed by atoms with Crippen LogP contribution in [-0.2, 0) is 0 Å². The maximum atomic E-state index is 2.44. The Hall–Kier alpha value is -1.33. The van der Waals surface area contributed by atoms with Crippen LogP contribution in [0, 0.1) is 0 Å². The molecule has 0 aliphatic rings. The highest BCUT2D eigenvalue weighted by Crippen LogP contribution is 2.35. The van der Waals surface area contributed by atoms with E-state index in [-0.39, 0.29) is 16.3 Å². The average Bonchev–Trinajstić information content (AvgIpc) is 2.56. The molecule has 0 saturated heterocycles. The monoisotopic (exact) mass is 307 g/mol. The maximum Gasteiger partial charge on any atom is 0 e. The van der Waals surface area contributed by atoms with Crippen LogP contribution in [0.1, 0.15) is 39.0 Å². The van der Waals surface area contributed by atoms with Crippen molar-refractivity contribution in [1.82, 2.24) is 0 Å². The topological polar surface area (TPSA) is 0 Å². The zero-order valence-corrected chi connectivity index (χ0v) is 14.4. The fraction of sp³-hybridized carbons (Fsp3) is 0.300. The third-order valence-electron chi connectivity index (χ3n) is 3.55. The molecule has 0 aliphatic carbocycles. The third kappa shape index (κ3) is 6.20. The summed E-state index contributed by atoms with van der Waals surface area (Å²) in [4.78, 5) is 0. The van der Waals surface area contributed by atoms with Crippen LogP contribution in [0.2, 0.25) is 0 Å². The van der Waals surface area contributed by atoms with Gasteiger partial charge in [-0.25, -0.2) is 0 Å². The van der Waals surface area contributed by atoms with Gasteiger partial charge >= 0.3 is 0 Å². The van der Waals surface area contributed by atoms with Gasteiger partial charge in [0.15, 0.2) is 0 Å². The van der Waals surface area contributed by atoms with Crippen LogP contribution in [0.4, 0.5) is 0 Å². The zero-order chi connectivity index (χ0) is 14.8. The van der Waals surface area contributed by atoms with E-state index in [1.165, 1.54) is 42.7 Å². The van der Waals surface area contributed by atoms with Crippen molar-refractivity contribution < 1.29 is 0 Å². The van der Waals surface area contributed by atoms with Gasteiger partial charge < -0.3 is 0 Å². The Bertz CT molecular complexity index is 482. The Balaban J connectivity index is 0.00000242. The van der Waals surface area contributed by atoms with E-state index in [0.29, 0.717) is 0 Å². The molecule has 2 heteroatoms. The molecule has 0 heterocycles. The van der Waals surface area contributed by atoms with E-state index in [1.54, 1.807) is 0 Å². The highest BCUT2D eigenvalue weighted by atomic mass is 31.1. The van der Waals surface area contributed by atoms with Gasteiger partial charge in [-0.2, -0.15) is 0 Å². The molecule has 0 unspecified atom stereocenters. The van der Waals surface area contributed by atoms with Crippen molar-refractivity contribution in [3.05, 3.63) is 72.6 Å². The zero-order valence-electron chi connectivity index (χ0n) is 13.5. The summed E-state index contributed by atoms with van der Waals surface area (Å²) in [5.41, 5.74) is 0. The number of hydrogen-bond donors (Lipinski definition) is 0. The van der Waals surface area contributed by atoms with Crippen LogP contribution in [-0.4, -0.2) is 8.41 Å². The molecule has 0 spiro atoms. The molecule has 0 aliphatic heterocycles. The molecule has 0 amide bonds. The summed E-state index contributed by atoms with van der Waals surface area (Å²) in [5.74, 6) is 2.44. The first-order valence-corrected chi connectivity index (χ1v) is 9.39. The number of rotatable bonds is 8. The SMILES string of the molecule is CCCCCC/C=C/P(c1ccccc1)c1ccccc1.[B]. The summed E-state index contributed by atoms with van der Waals surface area (Å²) in [5, 5.41) is 2.87. The predicted octanol–water partition coefficient (Wildman–Crippen LogP) is 5.22. The van der Waals surface area contributed by atoms with Crippen molar-refractivity contribution in [3.63, 3.8) is 0 Å². The van der Waals surface area contributed by atoms with Crippen LogP contribution in [0.5, 0.6) is 0 Å². The molecular weight excluding hydrogens is 282 g/mol. The number of unbranched alkanes of at least 4 members (excludes halogenated alkanes) is 4. The van der Waals surface area contributed by atoms with Gasteiger partial charge in [-0.3, -0.25) is 0 Å². The van der Waals surface area contributed by atoms with E-state index in [9.17, 15) is 0 Å². The van der Waals surface area contributed by atoms with Crippen LogP contribution in [0.3, 0.4) is 0 Å². The van der Waals surface area contributed by atoms with E-state index < -0.39 is 0 Å². The maximum absolute atomic E-state index is 2.44. The Morgan fingerprint density at radius 1 is 0.773 bits per heavy atom. The summed E-state index contributed by atoms with van der Waals surface area (Å²) in [6.45, 7) is 2.26. The molecule has 22 heavy (non-hydrogen) atoms. The van der Waals surface area contributed by atoms with Crippen LogP contribution in [0.25, 0.3) is 0 Å². The first kappa shape index (κ1) is 18.7. The largest absolute Gasteiger partial charge is 0.0834 e. The van der Waals surface area contributed by atoms with Crippen molar-refractivity contribution in [2.24, 2.45) is 0 Å². The molecular formula is C20H25BP. The lowest BCUT2D eigenvalue weighted by Crippen LogP contribution is -2.09. The van der Waals surface area contributed by atoms with Gasteiger partial charge in [-0.05, 0) is 31.4 Å². The Morgan fingerprint density at radius 2 is 1.32 bits per heavy atom. The average molecular weight is 307 g/mol. The van der Waals surface area contributed by atoms with Gasteiger partial charge in [-0.15, -0.1) is 0 Å². The van der Waals surface area contributed by atoms with Crippen LogP contribution < -0.4 is 10.6 Å². The molecule has 0 N–H and O–H groups in total. The molecule has 2 aromatic carbocycles. The molecule has 0 aromatic heterocycles. The van der Waals surface area contributed by atoms with Crippen molar-refractivity contribution in [3.8, 4) is 0 Å². The number of hydrogen-bond acceptors (Lipinski definition) is 0. The molecule has 2 rings (SSSR count). The van der Waals surface area contributed by atoms with Gasteiger partial charge in [0.2, 0.25) is 0 Å². The number of allylic oxidation sites excluding steroid dienone is 1. The minimum absolute atomic E-state index is 0. The van der Waals surface area contributed by atoms with Crippen molar-refractivity contribution in [1.29, 1.82) is 0 Å². The summed E-state index contributed by atoms with van der Waals surface area (Å²) in [7, 11) is -0.356. The van der Waals surface area contributed by atoms with Crippen molar-refractivity contribution in [2.75, 3.05) is 0 Å². The predicted molar refractivity (Wildman–Crippen MR) is 103 cm³/mol. The first-order valence-electron chi connectivity index (χ1n) is 7.98. The lowest BCUT2D eigenvalue weighted by atomic mass is 10.2. The van der Waals surface area contributed by atoms with E-state index in [0.717, 1.165) is 0 Å². The number of benzene rings is 2. The molecule has 0 bridgehead atoms. The minimum atomic E-state index is -0.356. The summed E-state index contributed by atoms with van der Waals surface area (Å²) < 4.78 is 0. The second-order valence-electron chi connectivity index (χ2n) is 5.28. The lowest BCUT2D eigenvalue weighted by Gasteiger charge is -2.14. The van der Waals surface area contributed by atoms with Gasteiger partial charge in [0, 0.05) is 8.41 Å². The quantitative estimate of drug-likeness (QED) is 0.356. The van der Waals surface area contributed by atoms with E-state index in [2.05, 4.69) is 79.5 Å². The third-order valence-corrected chi connectivity index (χ3v) is 5.77. The van der Waals surface area contributed by atoms with E-state index in [1.807, 2.05) is 0 Å². The molecule has 0 saturated carbocycles. The Morgan fingerprint density at radius 3 is 1.82 bits per heavy atom. The Labute approximate surface area is 139 Å². The first-order chi connectivity index (χ1) is 10.4. The lowest BCUT2D eigenvalue weighted by molar-refractivity contribution is 0.675. The highest BCUT2D eigenvalue weighted by Gasteiger charge is 2.08. The second-order valence-corrected chi connectivity index (χ2v) is 7.35. The standard InChI is InChI=1S/C20H25P.B/c1-2-3-4-5-6-13-18-21(19-14-9-7-10-15-19)20-16-11-8-12-17-20;/h7-18H,2-6H2,1H3;/b18-13+;. The van der Waals surface area contributed by atoms with Crippen molar-refractivity contribution in [2.45, 2.75) is 39.0 Å². The summed E-state index contributed by atoms with van der Waals surface area (Å²) in [6, 6.07) is 21.8. The fourth-order valence-electron chi connectivity index (χ4n) is 2.37. The van der Waals surface area contributed by atoms with Gasteiger partial charge in [-0.1, -0.05) is 98.7 Å².